The number of anilines is 1. The highest BCUT2D eigenvalue weighted by Crippen LogP contribution is 2.24. The maximum Gasteiger partial charge on any atom is 0.251 e. The molecule has 3 rings (SSSR count). The van der Waals surface area contributed by atoms with Crippen molar-refractivity contribution in [3.8, 4) is 0 Å². The minimum atomic E-state index is -0.475. The second-order valence-electron chi connectivity index (χ2n) is 6.11. The highest BCUT2D eigenvalue weighted by atomic mass is 19.1. The van der Waals surface area contributed by atoms with Crippen LogP contribution < -0.4 is 10.2 Å². The Morgan fingerprint density at radius 1 is 1.17 bits per heavy atom. The van der Waals surface area contributed by atoms with E-state index in [0.29, 0.717) is 12.2 Å². The highest BCUT2D eigenvalue weighted by Gasteiger charge is 2.39. The van der Waals surface area contributed by atoms with Gasteiger partial charge in [0, 0.05) is 0 Å². The predicted octanol–water partition coefficient (Wildman–Crippen LogP) is 2.94. The molecule has 1 saturated heterocycles. The third-order valence-corrected chi connectivity index (χ3v) is 4.45. The van der Waals surface area contributed by atoms with Crippen LogP contribution in [0.1, 0.15) is 38.5 Å². The molecule has 0 radical (unpaired) electrons. The fourth-order valence-corrected chi connectivity index (χ4v) is 3.19. The van der Waals surface area contributed by atoms with Crippen LogP contribution in [0.5, 0.6) is 0 Å². The fraction of sp³-hybridized carbons (Fsp3) is 0.444. The topological polar surface area (TPSA) is 49.4 Å². The van der Waals surface area contributed by atoms with Gasteiger partial charge >= 0.3 is 0 Å². The zero-order valence-electron chi connectivity index (χ0n) is 13.1. The summed E-state index contributed by atoms with van der Waals surface area (Å²) in [6.45, 7) is 0.701. The number of carbonyl (C=O) groups excluding carboxylic acids is 2. The Hall–Kier alpha value is -2.01. The Balaban J connectivity index is 1.57. The number of rotatable bonds is 5. The summed E-state index contributed by atoms with van der Waals surface area (Å²) in [5, 5.41) is 3.19. The van der Waals surface area contributed by atoms with Crippen molar-refractivity contribution in [3.05, 3.63) is 41.7 Å². The van der Waals surface area contributed by atoms with E-state index in [1.165, 1.54) is 42.7 Å². The highest BCUT2D eigenvalue weighted by molar-refractivity contribution is 6.22. The van der Waals surface area contributed by atoms with E-state index >= 15 is 0 Å². The van der Waals surface area contributed by atoms with Gasteiger partial charge in [0.15, 0.2) is 0 Å². The van der Waals surface area contributed by atoms with Crippen LogP contribution in [0, 0.1) is 5.82 Å². The predicted molar refractivity (Wildman–Crippen MR) is 86.5 cm³/mol. The lowest BCUT2D eigenvalue weighted by Gasteiger charge is -2.16. The molecule has 4 nitrogen and oxygen atoms in total. The van der Waals surface area contributed by atoms with Crippen molar-refractivity contribution < 1.29 is 14.0 Å². The molecule has 2 amide bonds. The van der Waals surface area contributed by atoms with Gasteiger partial charge in [0.1, 0.15) is 5.82 Å². The first-order valence-electron chi connectivity index (χ1n) is 8.19. The molecule has 0 aromatic heterocycles. The molecule has 2 aliphatic rings. The molecule has 1 aromatic carbocycles. The first-order chi connectivity index (χ1) is 11.1. The molecule has 5 heteroatoms. The van der Waals surface area contributed by atoms with Crippen molar-refractivity contribution in [2.45, 2.75) is 44.6 Å². The zero-order chi connectivity index (χ0) is 16.2. The van der Waals surface area contributed by atoms with Crippen LogP contribution in [0.4, 0.5) is 10.1 Å². The fourth-order valence-electron chi connectivity index (χ4n) is 3.19. The number of halogens is 1. The van der Waals surface area contributed by atoms with E-state index in [1.807, 2.05) is 0 Å². The van der Waals surface area contributed by atoms with Gasteiger partial charge in [-0.25, -0.2) is 9.29 Å². The molecule has 23 heavy (non-hydrogen) atoms. The first-order valence-corrected chi connectivity index (χ1v) is 8.19. The molecule has 0 saturated carbocycles. The number of amides is 2. The average molecular weight is 316 g/mol. The maximum atomic E-state index is 13.0. The lowest BCUT2D eigenvalue weighted by Crippen LogP contribution is -2.39. The molecule has 1 aromatic rings. The minimum Gasteiger partial charge on any atom is -0.305 e. The van der Waals surface area contributed by atoms with Crippen molar-refractivity contribution in [1.29, 1.82) is 0 Å². The number of nitrogens with one attached hydrogen (secondary N) is 1. The largest absolute Gasteiger partial charge is 0.305 e. The normalized spacial score (nSPS) is 21.7. The molecule has 0 unspecified atom stereocenters. The number of hydrogen-bond donors (Lipinski definition) is 1. The van der Waals surface area contributed by atoms with Crippen LogP contribution in [0.15, 0.2) is 35.9 Å². The number of imide groups is 1. The van der Waals surface area contributed by atoms with Crippen LogP contribution in [0.2, 0.25) is 0 Å². The van der Waals surface area contributed by atoms with E-state index in [-0.39, 0.29) is 24.1 Å². The van der Waals surface area contributed by atoms with Gasteiger partial charge in [0.25, 0.3) is 5.91 Å². The number of allylic oxidation sites excluding steroid dienone is 1. The standard InChI is InChI=1S/C18H21FN2O2/c19-14-6-8-15(9-7-14)21-17(22)12-16(18(21)23)20-11-10-13-4-2-1-3-5-13/h4,6-9,16,20H,1-3,5,10-12H2/t16-/m1/s1. The summed E-state index contributed by atoms with van der Waals surface area (Å²) in [4.78, 5) is 25.7. The molecular weight excluding hydrogens is 295 g/mol. The number of nitrogens with zero attached hydrogens (tertiary/aromatic N) is 1. The Labute approximate surface area is 135 Å². The van der Waals surface area contributed by atoms with Gasteiger partial charge in [-0.3, -0.25) is 9.59 Å². The SMILES string of the molecule is O=C1C[C@@H](NCCC2=CCCCC2)C(=O)N1c1ccc(F)cc1. The van der Waals surface area contributed by atoms with Gasteiger partial charge in [-0.2, -0.15) is 0 Å². The van der Waals surface area contributed by atoms with Crippen LogP contribution in [-0.2, 0) is 9.59 Å². The third-order valence-electron chi connectivity index (χ3n) is 4.45. The van der Waals surface area contributed by atoms with Gasteiger partial charge in [-0.15, -0.1) is 0 Å². The van der Waals surface area contributed by atoms with Gasteiger partial charge in [-0.1, -0.05) is 11.6 Å². The summed E-state index contributed by atoms with van der Waals surface area (Å²) in [6, 6.07) is 4.95. The van der Waals surface area contributed by atoms with Gasteiger partial charge < -0.3 is 5.32 Å². The van der Waals surface area contributed by atoms with E-state index in [1.54, 1.807) is 0 Å². The lowest BCUT2D eigenvalue weighted by molar-refractivity contribution is -0.121. The second kappa shape index (κ2) is 7.04. The Morgan fingerprint density at radius 2 is 1.96 bits per heavy atom. The molecule has 1 fully saturated rings. The van der Waals surface area contributed by atoms with Crippen LogP contribution in [0.3, 0.4) is 0 Å². The van der Waals surface area contributed by atoms with Crippen molar-refractivity contribution in [2.24, 2.45) is 0 Å². The van der Waals surface area contributed by atoms with Crippen LogP contribution in [0.25, 0.3) is 0 Å². The lowest BCUT2D eigenvalue weighted by atomic mass is 9.97. The monoisotopic (exact) mass is 316 g/mol. The summed E-state index contributed by atoms with van der Waals surface area (Å²) in [7, 11) is 0. The average Bonchev–Trinajstić information content (AvgIpc) is 2.84. The summed E-state index contributed by atoms with van der Waals surface area (Å²) in [6.07, 6.45) is 8.17. The Morgan fingerprint density at radius 3 is 2.65 bits per heavy atom. The summed E-state index contributed by atoms with van der Waals surface area (Å²) < 4.78 is 13.0. The molecule has 1 aliphatic heterocycles. The second-order valence-corrected chi connectivity index (χ2v) is 6.11. The molecule has 0 bridgehead atoms. The molecule has 1 heterocycles. The van der Waals surface area contributed by atoms with E-state index < -0.39 is 6.04 Å². The molecule has 0 spiro atoms. The molecule has 1 aliphatic carbocycles. The maximum absolute atomic E-state index is 13.0. The van der Waals surface area contributed by atoms with E-state index in [9.17, 15) is 14.0 Å². The molecule has 122 valence electrons. The number of carbonyl (C=O) groups is 2. The molecule has 1 N–H and O–H groups in total. The Kier molecular flexibility index (Phi) is 4.86. The van der Waals surface area contributed by atoms with E-state index in [4.69, 9.17) is 0 Å². The third kappa shape index (κ3) is 3.67. The van der Waals surface area contributed by atoms with E-state index in [2.05, 4.69) is 11.4 Å². The number of benzene rings is 1. The molecular formula is C18H21FN2O2. The van der Waals surface area contributed by atoms with Crippen molar-refractivity contribution in [2.75, 3.05) is 11.4 Å². The summed E-state index contributed by atoms with van der Waals surface area (Å²) >= 11 is 0. The Bertz CT molecular complexity index is 624. The van der Waals surface area contributed by atoms with Crippen molar-refractivity contribution in [1.82, 2.24) is 5.32 Å². The van der Waals surface area contributed by atoms with E-state index in [0.717, 1.165) is 24.2 Å². The number of hydrogen-bond acceptors (Lipinski definition) is 3. The molecule has 1 atom stereocenters. The van der Waals surface area contributed by atoms with Gasteiger partial charge in [0.2, 0.25) is 5.91 Å². The summed E-state index contributed by atoms with van der Waals surface area (Å²) in [5.74, 6) is -0.876. The van der Waals surface area contributed by atoms with Crippen LogP contribution in [-0.4, -0.2) is 24.4 Å². The minimum absolute atomic E-state index is 0.162. The van der Waals surface area contributed by atoms with Crippen LogP contribution >= 0.6 is 0 Å². The quantitative estimate of drug-likeness (QED) is 0.671. The van der Waals surface area contributed by atoms with Gasteiger partial charge in [0.05, 0.1) is 18.2 Å². The van der Waals surface area contributed by atoms with Crippen molar-refractivity contribution in [3.63, 3.8) is 0 Å². The summed E-state index contributed by atoms with van der Waals surface area (Å²) in [5.41, 5.74) is 1.87. The van der Waals surface area contributed by atoms with Gasteiger partial charge in [-0.05, 0) is 62.9 Å². The smallest absolute Gasteiger partial charge is 0.251 e. The van der Waals surface area contributed by atoms with Crippen molar-refractivity contribution >= 4 is 17.5 Å². The zero-order valence-corrected chi connectivity index (χ0v) is 13.1. The first kappa shape index (κ1) is 15.9.